The fraction of sp³-hybridized carbons (Fsp3) is 0.375. The van der Waals surface area contributed by atoms with Gasteiger partial charge >= 0.3 is 0 Å². The summed E-state index contributed by atoms with van der Waals surface area (Å²) in [4.78, 5) is 0. The largest absolute Gasteiger partial charge is 0.291 e. The van der Waals surface area contributed by atoms with Crippen LogP contribution >= 0.6 is 11.3 Å². The minimum atomic E-state index is -3.42. The summed E-state index contributed by atoms with van der Waals surface area (Å²) >= 11 is 1.18. The zero-order chi connectivity index (χ0) is 9.90. The van der Waals surface area contributed by atoms with Crippen LogP contribution in [0.4, 0.5) is 0 Å². The van der Waals surface area contributed by atoms with Gasteiger partial charge in [-0.3, -0.25) is 0 Å². The maximum absolute atomic E-state index is 11.4. The van der Waals surface area contributed by atoms with Crippen molar-refractivity contribution in [1.82, 2.24) is 0 Å². The van der Waals surface area contributed by atoms with E-state index in [2.05, 4.69) is 4.40 Å². The highest BCUT2D eigenvalue weighted by atomic mass is 32.2. The van der Waals surface area contributed by atoms with Gasteiger partial charge in [0.15, 0.2) is 0 Å². The lowest BCUT2D eigenvalue weighted by Crippen LogP contribution is -1.96. The minimum Gasteiger partial charge on any atom is -0.198 e. The molecular formula is C8H11NO2S2. The van der Waals surface area contributed by atoms with Gasteiger partial charge in [0.1, 0.15) is 4.21 Å². The molecule has 3 nitrogen and oxygen atoms in total. The van der Waals surface area contributed by atoms with Crippen LogP contribution in [0, 0.1) is 5.92 Å². The second kappa shape index (κ2) is 4.02. The van der Waals surface area contributed by atoms with Gasteiger partial charge in [-0.15, -0.1) is 11.3 Å². The Kier molecular flexibility index (Phi) is 3.22. The van der Waals surface area contributed by atoms with E-state index in [4.69, 9.17) is 0 Å². The maximum Gasteiger partial charge on any atom is 0.291 e. The Morgan fingerprint density at radius 2 is 2.23 bits per heavy atom. The first-order chi connectivity index (χ1) is 6.02. The summed E-state index contributed by atoms with van der Waals surface area (Å²) in [6.07, 6.45) is 1.44. The predicted molar refractivity (Wildman–Crippen MR) is 54.8 cm³/mol. The van der Waals surface area contributed by atoms with Gasteiger partial charge in [-0.05, 0) is 17.4 Å². The lowest BCUT2D eigenvalue weighted by atomic mass is 10.3. The van der Waals surface area contributed by atoms with E-state index in [1.165, 1.54) is 17.6 Å². The van der Waals surface area contributed by atoms with Crippen molar-refractivity contribution >= 4 is 27.6 Å². The highest BCUT2D eigenvalue weighted by Crippen LogP contribution is 2.17. The summed E-state index contributed by atoms with van der Waals surface area (Å²) in [7, 11) is -3.42. The normalized spacial score (nSPS) is 12.8. The topological polar surface area (TPSA) is 46.5 Å². The molecule has 1 aromatic heterocycles. The van der Waals surface area contributed by atoms with Gasteiger partial charge < -0.3 is 0 Å². The monoisotopic (exact) mass is 217 g/mol. The third kappa shape index (κ3) is 2.93. The zero-order valence-electron chi connectivity index (χ0n) is 7.47. The summed E-state index contributed by atoms with van der Waals surface area (Å²) in [5, 5.41) is 1.72. The molecule has 0 aromatic carbocycles. The van der Waals surface area contributed by atoms with E-state index in [9.17, 15) is 8.42 Å². The van der Waals surface area contributed by atoms with E-state index in [0.717, 1.165) is 0 Å². The Morgan fingerprint density at radius 3 is 2.69 bits per heavy atom. The minimum absolute atomic E-state index is 0.148. The molecule has 0 bridgehead atoms. The molecular weight excluding hydrogens is 206 g/mol. The molecule has 0 fully saturated rings. The Morgan fingerprint density at radius 1 is 1.54 bits per heavy atom. The van der Waals surface area contributed by atoms with Crippen molar-refractivity contribution in [1.29, 1.82) is 0 Å². The van der Waals surface area contributed by atoms with Gasteiger partial charge in [-0.1, -0.05) is 19.9 Å². The highest BCUT2D eigenvalue weighted by molar-refractivity contribution is 7.92. The van der Waals surface area contributed by atoms with Crippen molar-refractivity contribution in [3.63, 3.8) is 0 Å². The Bertz CT molecular complexity index is 376. The Balaban J connectivity index is 2.92. The molecule has 0 aliphatic rings. The molecule has 0 radical (unpaired) electrons. The van der Waals surface area contributed by atoms with Crippen LogP contribution in [0.25, 0.3) is 0 Å². The second-order valence-corrected chi connectivity index (χ2v) is 5.71. The van der Waals surface area contributed by atoms with Crippen LogP contribution in [0.1, 0.15) is 13.8 Å². The number of hydrogen-bond donors (Lipinski definition) is 0. The fourth-order valence-corrected chi connectivity index (χ4v) is 2.65. The molecule has 1 aromatic rings. The first-order valence-electron chi connectivity index (χ1n) is 3.86. The number of sulfonamides is 1. The molecule has 0 saturated heterocycles. The Hall–Kier alpha value is -0.680. The molecule has 0 atom stereocenters. The SMILES string of the molecule is CC(C)/C=N/S(=O)(=O)c1cccs1. The second-order valence-electron chi connectivity index (χ2n) is 2.91. The van der Waals surface area contributed by atoms with Crippen LogP contribution in [0.2, 0.25) is 0 Å². The van der Waals surface area contributed by atoms with Crippen molar-refractivity contribution < 1.29 is 8.42 Å². The lowest BCUT2D eigenvalue weighted by Gasteiger charge is -1.94. The van der Waals surface area contributed by atoms with E-state index in [0.29, 0.717) is 4.21 Å². The average molecular weight is 217 g/mol. The van der Waals surface area contributed by atoms with E-state index in [1.807, 2.05) is 13.8 Å². The maximum atomic E-state index is 11.4. The van der Waals surface area contributed by atoms with Crippen LogP contribution in [0.15, 0.2) is 26.1 Å². The van der Waals surface area contributed by atoms with Crippen LogP contribution in [-0.4, -0.2) is 14.6 Å². The molecule has 5 heteroatoms. The molecule has 0 aliphatic carbocycles. The third-order valence-electron chi connectivity index (χ3n) is 1.25. The predicted octanol–water partition coefficient (Wildman–Crippen LogP) is 2.16. The van der Waals surface area contributed by atoms with Gasteiger partial charge in [0.05, 0.1) is 0 Å². The molecule has 0 aliphatic heterocycles. The van der Waals surface area contributed by atoms with Crippen molar-refractivity contribution in [2.75, 3.05) is 0 Å². The smallest absolute Gasteiger partial charge is 0.198 e. The van der Waals surface area contributed by atoms with Crippen molar-refractivity contribution in [2.45, 2.75) is 18.1 Å². The van der Waals surface area contributed by atoms with E-state index >= 15 is 0 Å². The van der Waals surface area contributed by atoms with E-state index in [1.54, 1.807) is 17.5 Å². The van der Waals surface area contributed by atoms with Gasteiger partial charge in [0.2, 0.25) is 0 Å². The number of rotatable bonds is 3. The fourth-order valence-electron chi connectivity index (χ4n) is 0.664. The zero-order valence-corrected chi connectivity index (χ0v) is 9.10. The molecule has 0 saturated carbocycles. The molecule has 0 amide bonds. The van der Waals surface area contributed by atoms with Crippen molar-refractivity contribution in [3.8, 4) is 0 Å². The van der Waals surface area contributed by atoms with Gasteiger partial charge in [-0.2, -0.15) is 12.8 Å². The average Bonchev–Trinajstić information content (AvgIpc) is 2.53. The molecule has 0 unspecified atom stereocenters. The first kappa shape index (κ1) is 10.4. The number of thiophene rings is 1. The highest BCUT2D eigenvalue weighted by Gasteiger charge is 2.11. The number of nitrogens with zero attached hydrogens (tertiary/aromatic N) is 1. The van der Waals surface area contributed by atoms with E-state index in [-0.39, 0.29) is 5.92 Å². The van der Waals surface area contributed by atoms with Gasteiger partial charge in [0, 0.05) is 6.21 Å². The summed E-state index contributed by atoms with van der Waals surface area (Å²) in [5.41, 5.74) is 0. The molecule has 0 N–H and O–H groups in total. The Labute approximate surface area is 82.2 Å². The van der Waals surface area contributed by atoms with Crippen LogP contribution in [-0.2, 0) is 10.0 Å². The first-order valence-corrected chi connectivity index (χ1v) is 6.18. The molecule has 0 spiro atoms. The molecule has 72 valence electrons. The molecule has 1 heterocycles. The molecule has 13 heavy (non-hydrogen) atoms. The van der Waals surface area contributed by atoms with Crippen LogP contribution < -0.4 is 0 Å². The van der Waals surface area contributed by atoms with Crippen LogP contribution in [0.3, 0.4) is 0 Å². The molecule has 1 rings (SSSR count). The van der Waals surface area contributed by atoms with Crippen LogP contribution in [0.5, 0.6) is 0 Å². The van der Waals surface area contributed by atoms with Crippen molar-refractivity contribution in [2.24, 2.45) is 10.3 Å². The van der Waals surface area contributed by atoms with E-state index < -0.39 is 10.0 Å². The number of hydrogen-bond acceptors (Lipinski definition) is 3. The van der Waals surface area contributed by atoms with Gasteiger partial charge in [0.25, 0.3) is 10.0 Å². The standard InChI is InChI=1S/C8H11NO2S2/c1-7(2)6-9-13(10,11)8-4-3-5-12-8/h3-7H,1-2H3/b9-6+. The third-order valence-corrected chi connectivity index (χ3v) is 3.87. The summed E-state index contributed by atoms with van der Waals surface area (Å²) in [6, 6.07) is 3.25. The summed E-state index contributed by atoms with van der Waals surface area (Å²) < 4.78 is 26.7. The van der Waals surface area contributed by atoms with Gasteiger partial charge in [-0.25, -0.2) is 0 Å². The quantitative estimate of drug-likeness (QED) is 0.728. The van der Waals surface area contributed by atoms with Crippen molar-refractivity contribution in [3.05, 3.63) is 17.5 Å². The summed E-state index contributed by atoms with van der Waals surface area (Å²) in [5.74, 6) is 0.148. The lowest BCUT2D eigenvalue weighted by molar-refractivity contribution is 0.600. The summed E-state index contributed by atoms with van der Waals surface area (Å²) in [6.45, 7) is 3.76.